The van der Waals surface area contributed by atoms with Gasteiger partial charge in [-0.25, -0.2) is 4.57 Å². The molecule has 0 aliphatic heterocycles. The van der Waals surface area contributed by atoms with E-state index in [1.54, 1.807) is 12.2 Å². The van der Waals surface area contributed by atoms with E-state index in [9.17, 15) is 19.4 Å². The number of likely N-dealkylation sites (N-methyl/N-ethyl adjacent to an activating group) is 1. The van der Waals surface area contributed by atoms with Crippen LogP contribution in [-0.2, 0) is 18.4 Å². The van der Waals surface area contributed by atoms with Gasteiger partial charge in [0.05, 0.1) is 39.9 Å². The molecule has 0 aliphatic rings. The van der Waals surface area contributed by atoms with E-state index < -0.39 is 20.0 Å². The monoisotopic (exact) mass is 806 g/mol. The van der Waals surface area contributed by atoms with Crippen molar-refractivity contribution in [1.82, 2.24) is 5.32 Å². The highest BCUT2D eigenvalue weighted by Crippen LogP contribution is 2.43. The topological polar surface area (TPSA) is 105 Å². The molecule has 0 radical (unpaired) electrons. The van der Waals surface area contributed by atoms with Crippen LogP contribution < -0.4 is 5.32 Å². The highest BCUT2D eigenvalue weighted by Gasteiger charge is 2.27. The average molecular weight is 806 g/mol. The van der Waals surface area contributed by atoms with Crippen molar-refractivity contribution in [2.24, 2.45) is 0 Å². The number of quaternary nitrogens is 1. The van der Waals surface area contributed by atoms with E-state index in [4.69, 9.17) is 9.05 Å². The van der Waals surface area contributed by atoms with E-state index in [2.05, 4.69) is 67.8 Å². The third kappa shape index (κ3) is 40.1. The highest BCUT2D eigenvalue weighted by molar-refractivity contribution is 7.47. The molecule has 0 aliphatic carbocycles. The van der Waals surface area contributed by atoms with Crippen molar-refractivity contribution < 1.29 is 32.9 Å². The molecule has 3 atom stereocenters. The number of unbranched alkanes of at least 4 members (excludes halogenated alkanes) is 17. The molecule has 0 fully saturated rings. The van der Waals surface area contributed by atoms with Crippen LogP contribution in [0.25, 0.3) is 0 Å². The Morgan fingerprint density at radius 3 is 1.50 bits per heavy atom. The molecule has 0 saturated carbocycles. The maximum atomic E-state index is 12.8. The van der Waals surface area contributed by atoms with E-state index in [0.717, 1.165) is 44.9 Å². The fourth-order valence-electron chi connectivity index (χ4n) is 5.93. The quantitative estimate of drug-likeness (QED) is 0.0247. The van der Waals surface area contributed by atoms with E-state index in [1.165, 1.54) is 96.3 Å². The number of allylic oxidation sites excluding steroid dienone is 10. The largest absolute Gasteiger partial charge is 0.472 e. The minimum absolute atomic E-state index is 0.0419. The van der Waals surface area contributed by atoms with Gasteiger partial charge in [-0.3, -0.25) is 13.8 Å². The number of aliphatic hydroxyl groups is 1. The Hall–Kier alpha value is -2.06. The van der Waals surface area contributed by atoms with E-state index in [-0.39, 0.29) is 25.5 Å². The van der Waals surface area contributed by atoms with Gasteiger partial charge in [0.2, 0.25) is 5.91 Å². The number of aliphatic hydroxyl groups excluding tert-OH is 1. The Morgan fingerprint density at radius 1 is 0.625 bits per heavy atom. The maximum Gasteiger partial charge on any atom is 0.472 e. The summed E-state index contributed by atoms with van der Waals surface area (Å²) in [5.74, 6) is -0.306. The number of hydrogen-bond donors (Lipinski definition) is 3. The summed E-state index contributed by atoms with van der Waals surface area (Å²) in [6, 6.07) is -0.903. The van der Waals surface area contributed by atoms with E-state index in [0.29, 0.717) is 17.4 Å². The first kappa shape index (κ1) is 53.9. The van der Waals surface area contributed by atoms with Gasteiger partial charge in [0, 0.05) is 6.42 Å². The number of rotatable bonds is 39. The van der Waals surface area contributed by atoms with Crippen LogP contribution in [0.1, 0.15) is 168 Å². The molecule has 9 heteroatoms. The summed E-state index contributed by atoms with van der Waals surface area (Å²) < 4.78 is 23.5. The first-order valence-electron chi connectivity index (χ1n) is 22.3. The van der Waals surface area contributed by atoms with Crippen LogP contribution in [0.3, 0.4) is 0 Å². The molecule has 0 saturated heterocycles. The smallest absolute Gasteiger partial charge is 0.387 e. The van der Waals surface area contributed by atoms with Crippen LogP contribution in [0.2, 0.25) is 0 Å². The molecule has 0 aromatic rings. The zero-order valence-corrected chi connectivity index (χ0v) is 37.5. The molecule has 8 nitrogen and oxygen atoms in total. The van der Waals surface area contributed by atoms with Gasteiger partial charge in [-0.1, -0.05) is 189 Å². The van der Waals surface area contributed by atoms with Crippen molar-refractivity contribution in [2.75, 3.05) is 40.9 Å². The van der Waals surface area contributed by atoms with Gasteiger partial charge in [0.1, 0.15) is 13.2 Å². The number of nitrogens with zero attached hydrogens (tertiary/aromatic N) is 1. The lowest BCUT2D eigenvalue weighted by atomic mass is 10.0. The van der Waals surface area contributed by atoms with Crippen molar-refractivity contribution in [3.8, 4) is 0 Å². The minimum atomic E-state index is -4.37. The Morgan fingerprint density at radius 2 is 1.05 bits per heavy atom. The second-order valence-corrected chi connectivity index (χ2v) is 17.5. The van der Waals surface area contributed by atoms with Crippen molar-refractivity contribution in [2.45, 2.75) is 180 Å². The molecule has 1 amide bonds. The lowest BCUT2D eigenvalue weighted by molar-refractivity contribution is -0.870. The molecule has 0 heterocycles. The van der Waals surface area contributed by atoms with Crippen LogP contribution in [0.5, 0.6) is 0 Å². The molecule has 0 aromatic heterocycles. The number of nitrogens with one attached hydrogen (secondary N) is 1. The van der Waals surface area contributed by atoms with Crippen LogP contribution in [0.4, 0.5) is 0 Å². The van der Waals surface area contributed by atoms with Gasteiger partial charge in [0.15, 0.2) is 0 Å². The van der Waals surface area contributed by atoms with Crippen LogP contribution in [-0.4, -0.2) is 73.4 Å². The first-order chi connectivity index (χ1) is 27.0. The number of amides is 1. The van der Waals surface area contributed by atoms with Gasteiger partial charge >= 0.3 is 7.82 Å². The lowest BCUT2D eigenvalue weighted by Crippen LogP contribution is -2.45. The molecule has 0 spiro atoms. The number of phosphoric acid groups is 1. The zero-order valence-electron chi connectivity index (χ0n) is 36.6. The van der Waals surface area contributed by atoms with E-state index >= 15 is 0 Å². The Bertz CT molecular complexity index is 1140. The van der Waals surface area contributed by atoms with Gasteiger partial charge in [-0.2, -0.15) is 0 Å². The highest BCUT2D eigenvalue weighted by atomic mass is 31.2. The van der Waals surface area contributed by atoms with Crippen molar-refractivity contribution in [3.05, 3.63) is 72.9 Å². The van der Waals surface area contributed by atoms with Crippen molar-refractivity contribution in [3.63, 3.8) is 0 Å². The summed E-state index contributed by atoms with van der Waals surface area (Å²) in [7, 11) is 1.51. The molecule has 3 N–H and O–H groups in total. The first-order valence-corrected chi connectivity index (χ1v) is 23.8. The Labute approximate surface area is 344 Å². The number of carbonyl (C=O) groups is 1. The normalized spacial score (nSPS) is 15.1. The molecular formula is C47H86N2O6P+. The van der Waals surface area contributed by atoms with Gasteiger partial charge < -0.3 is 19.8 Å². The molecule has 0 aromatic carbocycles. The third-order valence-electron chi connectivity index (χ3n) is 9.46. The van der Waals surface area contributed by atoms with Crippen molar-refractivity contribution in [1.29, 1.82) is 0 Å². The summed E-state index contributed by atoms with van der Waals surface area (Å²) >= 11 is 0. The Kier molecular flexibility index (Phi) is 37.0. The number of phosphoric ester groups is 1. The summed E-state index contributed by atoms with van der Waals surface area (Å²) in [5.41, 5.74) is 0. The van der Waals surface area contributed by atoms with Gasteiger partial charge in [0.25, 0.3) is 0 Å². The second kappa shape index (κ2) is 38.5. The number of carbonyl (C=O) groups excluding carboxylic acids is 1. The fraction of sp³-hybridized carbons (Fsp3) is 0.723. The fourth-order valence-corrected chi connectivity index (χ4v) is 6.67. The predicted molar refractivity (Wildman–Crippen MR) is 240 cm³/mol. The number of hydrogen-bond acceptors (Lipinski definition) is 5. The maximum absolute atomic E-state index is 12.8. The van der Waals surface area contributed by atoms with Crippen LogP contribution in [0, 0.1) is 0 Å². The molecular weight excluding hydrogens is 719 g/mol. The molecule has 324 valence electrons. The summed E-state index contributed by atoms with van der Waals surface area (Å²) in [4.78, 5) is 23.0. The molecule has 3 unspecified atom stereocenters. The summed E-state index contributed by atoms with van der Waals surface area (Å²) in [6.45, 7) is 4.61. The Balaban J connectivity index is 4.55. The summed E-state index contributed by atoms with van der Waals surface area (Å²) in [5, 5.41) is 13.7. The molecule has 0 rings (SSSR count). The third-order valence-corrected chi connectivity index (χ3v) is 10.4. The molecule has 56 heavy (non-hydrogen) atoms. The van der Waals surface area contributed by atoms with Crippen LogP contribution in [0.15, 0.2) is 72.9 Å². The van der Waals surface area contributed by atoms with Crippen molar-refractivity contribution >= 4 is 13.7 Å². The second-order valence-electron chi connectivity index (χ2n) is 16.1. The van der Waals surface area contributed by atoms with E-state index in [1.807, 2.05) is 33.3 Å². The minimum Gasteiger partial charge on any atom is -0.387 e. The lowest BCUT2D eigenvalue weighted by Gasteiger charge is -2.25. The predicted octanol–water partition coefficient (Wildman–Crippen LogP) is 12.4. The zero-order chi connectivity index (χ0) is 41.4. The van der Waals surface area contributed by atoms with Crippen LogP contribution >= 0.6 is 7.82 Å². The SMILES string of the molecule is CC/C=C\C/C=C\C/C=C\C/C=C\C/C=C\CC(=O)NC(COP(=O)(O)OCC[N+](C)(C)C)C(O)/C=C/CCCCCCCCCCCCCCCCCCC. The standard InChI is InChI=1S/C47H85N2O6P/c1-6-8-10-12-14-16-18-20-22-23-24-25-27-28-30-32-34-36-38-40-46(50)45(44-55-56(52,53)54-43-42-49(3,4)5)48-47(51)41-39-37-35-33-31-29-26-21-19-17-15-13-11-9-7-2/h9,11,15,17,21,26,31,33,37-40,45-46,50H,6-8,10,12-14,16,18-20,22-25,27-30,32,34-36,41-44H2,1-5H3,(H-,48,51,52,53)/p+1/b11-9-,17-15-,26-21-,33-31-,39-37-,40-38+. The van der Waals surface area contributed by atoms with Gasteiger partial charge in [-0.15, -0.1) is 0 Å². The van der Waals surface area contributed by atoms with Gasteiger partial charge in [-0.05, 0) is 44.9 Å². The molecule has 0 bridgehead atoms. The summed E-state index contributed by atoms with van der Waals surface area (Å²) in [6.07, 6.45) is 51.5. The average Bonchev–Trinajstić information content (AvgIpc) is 3.15.